The normalized spacial score (nSPS) is 13.1. The first-order valence-corrected chi connectivity index (χ1v) is 35.0. The van der Waals surface area contributed by atoms with Crippen LogP contribution in [0.3, 0.4) is 0 Å². The predicted molar refractivity (Wildman–Crippen MR) is 420 cm³/mol. The van der Waals surface area contributed by atoms with Gasteiger partial charge in [0.25, 0.3) is 0 Å². The van der Waals surface area contributed by atoms with E-state index in [9.17, 15) is 19.2 Å². The Morgan fingerprint density at radius 3 is 0.573 bits per heavy atom. The molecule has 0 aliphatic heterocycles. The fraction of sp³-hybridized carbons (Fsp3) is 0.364. The van der Waals surface area contributed by atoms with E-state index in [4.69, 9.17) is 19.7 Å². The number of carboxylic acids is 2. The van der Waals surface area contributed by atoms with Crippen molar-refractivity contribution in [3.8, 4) is 0 Å². The lowest BCUT2D eigenvalue weighted by atomic mass is 10.2. The number of hydrogen-bond donors (Lipinski definition) is 2. The molecular weight excluding hydrogens is 1180 g/mol. The highest BCUT2D eigenvalue weighted by Gasteiger charge is 1.91. The van der Waals surface area contributed by atoms with E-state index >= 15 is 0 Å². The van der Waals surface area contributed by atoms with E-state index in [-0.39, 0.29) is 11.9 Å². The fourth-order valence-electron chi connectivity index (χ4n) is 7.02. The van der Waals surface area contributed by atoms with Crippen molar-refractivity contribution in [3.05, 3.63) is 316 Å². The average molecular weight is 1310 g/mol. The van der Waals surface area contributed by atoms with E-state index in [0.29, 0.717) is 13.2 Å². The molecule has 2 N–H and O–H groups in total. The molecule has 8 heteroatoms. The van der Waals surface area contributed by atoms with Crippen LogP contribution >= 0.6 is 0 Å². The molecule has 0 unspecified atom stereocenters. The van der Waals surface area contributed by atoms with Gasteiger partial charge in [0.15, 0.2) is 0 Å². The van der Waals surface area contributed by atoms with Crippen molar-refractivity contribution in [2.45, 2.75) is 196 Å². The highest BCUT2D eigenvalue weighted by atomic mass is 16.5. The monoisotopic (exact) mass is 1310 g/mol. The SMILES string of the molecule is CC/C=C\C/C=C\C/C=C\C/C=C\C/C=C\C/C=C/C=C/C(=O)O.CC/C=C\C/C=C\C/C=C\C/C=C\C/C=C\C/C=C/C=C/C(=O)OCC.CC/C=C\C/C=C\C/C=C\C/C=C\CC/C=C/C=C/C(=O)O.CC/C=C\C/C=C\C/C=C\C/C=C\CC/C=C/C=CC(=O)OCC. The molecule has 8 nitrogen and oxygen atoms in total. The topological polar surface area (TPSA) is 127 Å². The molecule has 0 saturated heterocycles. The van der Waals surface area contributed by atoms with Crippen LogP contribution in [0.1, 0.15) is 196 Å². The van der Waals surface area contributed by atoms with Crippen molar-refractivity contribution < 1.29 is 38.9 Å². The maximum absolute atomic E-state index is 11.1. The molecule has 0 bridgehead atoms. The molecule has 0 radical (unpaired) electrons. The van der Waals surface area contributed by atoms with Crippen LogP contribution < -0.4 is 0 Å². The number of unbranched alkanes of at least 4 members (excludes halogenated alkanes) is 2. The van der Waals surface area contributed by atoms with Gasteiger partial charge in [0.1, 0.15) is 0 Å². The van der Waals surface area contributed by atoms with Gasteiger partial charge in [0.05, 0.1) is 13.2 Å². The third-order valence-electron chi connectivity index (χ3n) is 11.8. The zero-order valence-electron chi connectivity index (χ0n) is 59.8. The average Bonchev–Trinajstić information content (AvgIpc) is 3.61. The Morgan fingerprint density at radius 2 is 0.375 bits per heavy atom. The van der Waals surface area contributed by atoms with Gasteiger partial charge in [-0.1, -0.05) is 319 Å². The molecule has 96 heavy (non-hydrogen) atoms. The van der Waals surface area contributed by atoms with E-state index in [1.165, 1.54) is 18.2 Å². The molecule has 0 saturated carbocycles. The van der Waals surface area contributed by atoms with Gasteiger partial charge in [-0.3, -0.25) is 0 Å². The summed E-state index contributed by atoms with van der Waals surface area (Å²) in [5, 5.41) is 16.8. The molecule has 0 heterocycles. The van der Waals surface area contributed by atoms with E-state index in [0.717, 1.165) is 166 Å². The van der Waals surface area contributed by atoms with Crippen LogP contribution in [-0.2, 0) is 28.7 Å². The molecule has 0 aliphatic rings. The molecule has 0 aliphatic carbocycles. The molecule has 0 rings (SSSR count). The fourth-order valence-corrected chi connectivity index (χ4v) is 7.02. The number of hydrogen-bond acceptors (Lipinski definition) is 6. The Bertz CT molecular complexity index is 2650. The van der Waals surface area contributed by atoms with Crippen molar-refractivity contribution in [3.63, 3.8) is 0 Å². The number of aliphatic carboxylic acids is 2. The smallest absolute Gasteiger partial charge is 0.330 e. The second-order valence-corrected chi connectivity index (χ2v) is 20.4. The van der Waals surface area contributed by atoms with Gasteiger partial charge in [0.2, 0.25) is 0 Å². The number of carboxylic acid groups (broad SMARTS) is 2. The van der Waals surface area contributed by atoms with Crippen molar-refractivity contribution in [2.24, 2.45) is 0 Å². The number of ether oxygens (including phenoxy) is 2. The summed E-state index contributed by atoms with van der Waals surface area (Å²) in [7, 11) is 0. The number of rotatable bonds is 52. The lowest BCUT2D eigenvalue weighted by Gasteiger charge is -1.92. The number of allylic oxidation sites excluding steroid dienone is 48. The van der Waals surface area contributed by atoms with E-state index < -0.39 is 11.9 Å². The van der Waals surface area contributed by atoms with Crippen molar-refractivity contribution >= 4 is 23.9 Å². The van der Waals surface area contributed by atoms with Gasteiger partial charge in [-0.05, 0) is 168 Å². The predicted octanol–water partition coefficient (Wildman–Crippen LogP) is 25.1. The number of esters is 2. The standard InChI is InChI=1S/C24H34O2.C22H32O2.C22H30O2.C20H28O2/c1-3-5-6-7-8-9-10-11-12-13-14-15-16-17-18-19-20-21-22-23-24(25)26-4-2;1-3-5-6-7-8-9-10-11-12-13-14-15-16-17-18-19-20-21-22(23)24-4-2;1-2-3-4-5-6-7-8-9-10-11-12-13-14-15-16-17-18-19-20-21-22(23)24;1-2-3-4-5-6-7-8-9-10-11-12-13-14-15-16-17-18-19-20(21)22/h5-6,8-9,11-12,14-15,17-18,20-23H,3-4,7,10,13,16,19H2,1-2H3;5-6,8-9,11-12,14-15,18-21H,3-4,7,10,13,16-17H2,1-2H3;3-4,6-7,9-10,12-13,15-16,18-21H,2,5,8,11,14,17H2,1H3,(H,23,24);3-4,6-7,9-10,12-13,16-19H,2,5,8,11,14-15H2,1H3,(H,21,22)/b6-5-,9-8-,12-11-,15-14-,18-17-,21-20+,23-22+;6-5-,9-8-,12-11-,15-14-,19-18+,21-20?;4-3-,7-6-,10-9-,13-12-,16-15-,19-18+,21-20+;4-3-,7-6-,10-9-,13-12-,17-16+,19-18+. The van der Waals surface area contributed by atoms with Crippen LogP contribution in [0.2, 0.25) is 0 Å². The highest BCUT2D eigenvalue weighted by Crippen LogP contribution is 2.03. The summed E-state index contributed by atoms with van der Waals surface area (Å²) in [6, 6.07) is 0. The Balaban J connectivity index is -0.000000589. The van der Waals surface area contributed by atoms with Crippen LogP contribution in [0.15, 0.2) is 316 Å². The minimum absolute atomic E-state index is 0.291. The summed E-state index contributed by atoms with van der Waals surface area (Å²) in [6.07, 6.45) is 129. The van der Waals surface area contributed by atoms with Crippen LogP contribution in [0.4, 0.5) is 0 Å². The molecular formula is C88H124O8. The lowest BCUT2D eigenvalue weighted by Crippen LogP contribution is -1.98. The second-order valence-electron chi connectivity index (χ2n) is 20.4. The molecule has 0 aromatic rings. The number of carbonyl (C=O) groups excluding carboxylic acids is 2. The number of carbonyl (C=O) groups is 4. The van der Waals surface area contributed by atoms with Gasteiger partial charge in [-0.15, -0.1) is 0 Å². The maximum Gasteiger partial charge on any atom is 0.330 e. The van der Waals surface area contributed by atoms with Crippen LogP contribution in [-0.4, -0.2) is 47.3 Å². The third kappa shape index (κ3) is 101. The first-order chi connectivity index (χ1) is 47.2. The van der Waals surface area contributed by atoms with Crippen LogP contribution in [0.5, 0.6) is 0 Å². The summed E-state index contributed by atoms with van der Waals surface area (Å²) in [4.78, 5) is 42.5. The van der Waals surface area contributed by atoms with Crippen molar-refractivity contribution in [1.29, 1.82) is 0 Å². The van der Waals surface area contributed by atoms with E-state index in [1.54, 1.807) is 44.2 Å². The molecule has 0 atom stereocenters. The Hall–Kier alpha value is -8.88. The lowest BCUT2D eigenvalue weighted by molar-refractivity contribution is -0.138. The summed E-state index contributed by atoms with van der Waals surface area (Å²) < 4.78 is 9.57. The zero-order chi connectivity index (χ0) is 70.9. The largest absolute Gasteiger partial charge is 0.478 e. The summed E-state index contributed by atoms with van der Waals surface area (Å²) >= 11 is 0. The molecule has 524 valence electrons. The maximum atomic E-state index is 11.1. The van der Waals surface area contributed by atoms with Crippen LogP contribution in [0.25, 0.3) is 0 Å². The first kappa shape index (κ1) is 93.5. The minimum Gasteiger partial charge on any atom is -0.478 e. The minimum atomic E-state index is -0.922. The Morgan fingerprint density at radius 1 is 0.208 bits per heavy atom. The molecule has 0 fully saturated rings. The van der Waals surface area contributed by atoms with Gasteiger partial charge in [-0.25, -0.2) is 19.2 Å². The highest BCUT2D eigenvalue weighted by molar-refractivity contribution is 5.82. The zero-order valence-corrected chi connectivity index (χ0v) is 59.8. The van der Waals surface area contributed by atoms with E-state index in [2.05, 4.69) is 246 Å². The Kier molecular flexibility index (Phi) is 88.0. The van der Waals surface area contributed by atoms with Gasteiger partial charge >= 0.3 is 23.9 Å². The summed E-state index contributed by atoms with van der Waals surface area (Å²) in [6.45, 7) is 13.0. The second kappa shape index (κ2) is 90.3. The quantitative estimate of drug-likeness (QED) is 0.0203. The van der Waals surface area contributed by atoms with Crippen LogP contribution in [0, 0.1) is 0 Å². The van der Waals surface area contributed by atoms with E-state index in [1.807, 2.05) is 36.5 Å². The molecule has 0 aromatic heterocycles. The molecule has 0 spiro atoms. The summed E-state index contributed by atoms with van der Waals surface area (Å²) in [5.74, 6) is -2.42. The van der Waals surface area contributed by atoms with Gasteiger partial charge < -0.3 is 19.7 Å². The van der Waals surface area contributed by atoms with Crippen molar-refractivity contribution in [1.82, 2.24) is 0 Å². The molecule has 0 aromatic carbocycles. The van der Waals surface area contributed by atoms with Gasteiger partial charge in [0, 0.05) is 24.3 Å². The summed E-state index contributed by atoms with van der Waals surface area (Å²) in [5.41, 5.74) is 0. The molecule has 0 amide bonds. The Labute approximate surface area is 584 Å². The third-order valence-corrected chi connectivity index (χ3v) is 11.8. The van der Waals surface area contributed by atoms with Crippen molar-refractivity contribution in [2.75, 3.05) is 13.2 Å². The first-order valence-electron chi connectivity index (χ1n) is 35.0. The van der Waals surface area contributed by atoms with Gasteiger partial charge in [-0.2, -0.15) is 0 Å².